The van der Waals surface area contributed by atoms with Gasteiger partial charge in [0, 0.05) is 22.5 Å². The Kier molecular flexibility index (Phi) is 4.86. The van der Waals surface area contributed by atoms with Crippen molar-refractivity contribution in [2.45, 2.75) is 44.8 Å². The first-order valence-electron chi connectivity index (χ1n) is 7.91. The van der Waals surface area contributed by atoms with Gasteiger partial charge in [-0.2, -0.15) is 0 Å². The molecule has 2 nitrogen and oxygen atoms in total. The van der Waals surface area contributed by atoms with Gasteiger partial charge in [0.15, 0.2) is 5.60 Å². The molecule has 1 fully saturated rings. The highest BCUT2D eigenvalue weighted by molar-refractivity contribution is 9.10. The smallest absolute Gasteiger partial charge is 0.153 e. The predicted octanol–water partition coefficient (Wildman–Crippen LogP) is 5.19. The number of halogens is 3. The zero-order valence-electron chi connectivity index (χ0n) is 13.3. The number of allylic oxidation sites excluding steroid dienone is 2. The zero-order valence-corrected chi connectivity index (χ0v) is 15.6. The summed E-state index contributed by atoms with van der Waals surface area (Å²) in [5.41, 5.74) is 1.53. The molecule has 0 saturated carbocycles. The van der Waals surface area contributed by atoms with Crippen LogP contribution in [0.15, 0.2) is 34.3 Å². The van der Waals surface area contributed by atoms with Crippen molar-refractivity contribution in [3.05, 3.63) is 50.7 Å². The van der Waals surface area contributed by atoms with Crippen LogP contribution in [0.4, 0.5) is 4.39 Å². The van der Waals surface area contributed by atoms with Crippen molar-refractivity contribution in [1.82, 2.24) is 5.32 Å². The van der Waals surface area contributed by atoms with Crippen molar-refractivity contribution in [3.63, 3.8) is 0 Å². The highest BCUT2D eigenvalue weighted by atomic mass is 79.9. The average Bonchev–Trinajstić information content (AvgIpc) is 3.18. The summed E-state index contributed by atoms with van der Waals surface area (Å²) in [6, 6.07) is 1.60. The molecule has 0 spiro atoms. The van der Waals surface area contributed by atoms with E-state index in [0.717, 1.165) is 30.5 Å². The van der Waals surface area contributed by atoms with Crippen LogP contribution in [0, 0.1) is 5.82 Å². The topological polar surface area (TPSA) is 21.3 Å². The Bertz CT molecular complexity index is 682. The summed E-state index contributed by atoms with van der Waals surface area (Å²) < 4.78 is 21.0. The van der Waals surface area contributed by atoms with E-state index in [-0.39, 0.29) is 11.1 Å². The third-order valence-corrected chi connectivity index (χ3v) is 6.20. The summed E-state index contributed by atoms with van der Waals surface area (Å²) in [7, 11) is 0. The van der Waals surface area contributed by atoms with Crippen molar-refractivity contribution in [1.29, 1.82) is 0 Å². The fourth-order valence-corrected chi connectivity index (χ4v) is 4.36. The van der Waals surface area contributed by atoms with Crippen LogP contribution in [0.3, 0.4) is 0 Å². The first-order valence-corrected chi connectivity index (χ1v) is 9.09. The Morgan fingerprint density at radius 2 is 2.30 bits per heavy atom. The van der Waals surface area contributed by atoms with Crippen molar-refractivity contribution in [3.8, 4) is 5.75 Å². The van der Waals surface area contributed by atoms with Crippen LogP contribution in [-0.4, -0.2) is 18.2 Å². The molecule has 3 rings (SSSR count). The van der Waals surface area contributed by atoms with Gasteiger partial charge in [0.2, 0.25) is 0 Å². The van der Waals surface area contributed by atoms with Gasteiger partial charge in [-0.25, -0.2) is 4.39 Å². The van der Waals surface area contributed by atoms with Crippen LogP contribution >= 0.6 is 27.5 Å². The van der Waals surface area contributed by atoms with Crippen molar-refractivity contribution >= 4 is 27.5 Å². The van der Waals surface area contributed by atoms with Crippen molar-refractivity contribution in [2.24, 2.45) is 0 Å². The molecule has 0 amide bonds. The van der Waals surface area contributed by atoms with Gasteiger partial charge < -0.3 is 10.1 Å². The van der Waals surface area contributed by atoms with E-state index in [0.29, 0.717) is 16.6 Å². The lowest BCUT2D eigenvalue weighted by Crippen LogP contribution is -2.52. The second-order valence-corrected chi connectivity index (χ2v) is 7.20. The van der Waals surface area contributed by atoms with Crippen LogP contribution < -0.4 is 10.1 Å². The number of rotatable bonds is 3. The number of hydrogen-bond acceptors (Lipinski definition) is 2. The van der Waals surface area contributed by atoms with Gasteiger partial charge in [0.1, 0.15) is 11.6 Å². The summed E-state index contributed by atoms with van der Waals surface area (Å²) in [5.74, 6) is 0.122. The van der Waals surface area contributed by atoms with Crippen LogP contribution in [0.5, 0.6) is 5.75 Å². The summed E-state index contributed by atoms with van der Waals surface area (Å²) >= 11 is 9.51. The SMILES string of the molecule is C/C=C\C(=C/C)C1(C2CCCN2)Cc2c(cc(F)c(Cl)c2Br)O1. The first-order chi connectivity index (χ1) is 11.0. The first kappa shape index (κ1) is 17.0. The Labute approximate surface area is 149 Å². The molecule has 0 bridgehead atoms. The van der Waals surface area contributed by atoms with Gasteiger partial charge in [-0.05, 0) is 54.7 Å². The Balaban J connectivity index is 2.11. The summed E-state index contributed by atoms with van der Waals surface area (Å²) in [4.78, 5) is 0. The normalized spacial score (nSPS) is 27.5. The molecule has 23 heavy (non-hydrogen) atoms. The van der Waals surface area contributed by atoms with Gasteiger partial charge in [0.25, 0.3) is 0 Å². The van der Waals surface area contributed by atoms with E-state index in [2.05, 4.69) is 33.4 Å². The number of benzene rings is 1. The molecule has 124 valence electrons. The molecule has 2 aliphatic heterocycles. The fourth-order valence-electron chi connectivity index (χ4n) is 3.66. The minimum Gasteiger partial charge on any atom is -0.480 e. The molecule has 1 saturated heterocycles. The van der Waals surface area contributed by atoms with E-state index in [1.54, 1.807) is 0 Å². The third kappa shape index (κ3) is 2.75. The Morgan fingerprint density at radius 3 is 2.91 bits per heavy atom. The second-order valence-electron chi connectivity index (χ2n) is 6.02. The standard InChI is InChI=1S/C18H20BrClFNO/c1-3-6-11(4-2)18(15-7-5-8-22-15)10-12-14(23-18)9-13(21)17(20)16(12)19/h3-4,6,9,15,22H,5,7-8,10H2,1-2H3/b6-3-,11-4+. The van der Waals surface area contributed by atoms with Gasteiger partial charge in [-0.3, -0.25) is 0 Å². The van der Waals surface area contributed by atoms with Crippen LogP contribution in [0.2, 0.25) is 5.02 Å². The molecule has 2 aliphatic rings. The van der Waals surface area contributed by atoms with Crippen LogP contribution in [-0.2, 0) is 6.42 Å². The number of hydrogen-bond donors (Lipinski definition) is 1. The van der Waals surface area contributed by atoms with Gasteiger partial charge in [0.05, 0.1) is 11.1 Å². The molecule has 2 heterocycles. The van der Waals surface area contributed by atoms with E-state index in [1.807, 2.05) is 19.9 Å². The summed E-state index contributed by atoms with van der Waals surface area (Å²) in [6.45, 7) is 4.99. The summed E-state index contributed by atoms with van der Waals surface area (Å²) in [5, 5.41) is 3.68. The molecular formula is C18H20BrClFNO. The highest BCUT2D eigenvalue weighted by Crippen LogP contribution is 2.48. The largest absolute Gasteiger partial charge is 0.480 e. The quantitative estimate of drug-likeness (QED) is 0.557. The van der Waals surface area contributed by atoms with E-state index in [9.17, 15) is 4.39 Å². The molecule has 1 aromatic rings. The lowest BCUT2D eigenvalue weighted by atomic mass is 9.81. The Morgan fingerprint density at radius 1 is 1.52 bits per heavy atom. The maximum Gasteiger partial charge on any atom is 0.153 e. The van der Waals surface area contributed by atoms with Gasteiger partial charge in [-0.1, -0.05) is 29.8 Å². The van der Waals surface area contributed by atoms with E-state index in [1.165, 1.54) is 6.07 Å². The number of nitrogens with one attached hydrogen (secondary N) is 1. The van der Waals surface area contributed by atoms with Gasteiger partial charge in [-0.15, -0.1) is 0 Å². The molecule has 1 N–H and O–H groups in total. The lowest BCUT2D eigenvalue weighted by Gasteiger charge is -2.36. The molecule has 0 aromatic heterocycles. The van der Waals surface area contributed by atoms with Crippen LogP contribution in [0.25, 0.3) is 0 Å². The van der Waals surface area contributed by atoms with Crippen molar-refractivity contribution in [2.75, 3.05) is 6.54 Å². The monoisotopic (exact) mass is 399 g/mol. The molecule has 0 aliphatic carbocycles. The minimum absolute atomic E-state index is 0.121. The summed E-state index contributed by atoms with van der Waals surface area (Å²) in [6.07, 6.45) is 9.01. The zero-order chi connectivity index (χ0) is 16.6. The van der Waals surface area contributed by atoms with E-state index < -0.39 is 11.4 Å². The molecular weight excluding hydrogens is 381 g/mol. The molecule has 1 aromatic carbocycles. The Hall–Kier alpha value is -0.840. The van der Waals surface area contributed by atoms with Crippen LogP contribution in [0.1, 0.15) is 32.3 Å². The molecule has 5 heteroatoms. The minimum atomic E-state index is -0.514. The number of fused-ring (bicyclic) bond motifs is 1. The third-order valence-electron chi connectivity index (χ3n) is 4.72. The predicted molar refractivity (Wildman–Crippen MR) is 95.8 cm³/mol. The van der Waals surface area contributed by atoms with E-state index in [4.69, 9.17) is 16.3 Å². The fraction of sp³-hybridized carbons (Fsp3) is 0.444. The average molecular weight is 401 g/mol. The second kappa shape index (κ2) is 6.58. The molecule has 2 atom stereocenters. The maximum atomic E-state index is 14.0. The molecule has 0 radical (unpaired) electrons. The molecule has 2 unspecified atom stereocenters. The van der Waals surface area contributed by atoms with Crippen molar-refractivity contribution < 1.29 is 9.13 Å². The van der Waals surface area contributed by atoms with Gasteiger partial charge >= 0.3 is 0 Å². The number of ether oxygens (including phenoxy) is 1. The highest BCUT2D eigenvalue weighted by Gasteiger charge is 2.49. The maximum absolute atomic E-state index is 14.0. The lowest BCUT2D eigenvalue weighted by molar-refractivity contribution is 0.0978. The van der Waals surface area contributed by atoms with E-state index >= 15 is 0 Å².